The summed E-state index contributed by atoms with van der Waals surface area (Å²) in [7, 11) is 0. The maximum absolute atomic E-state index is 13.0. The number of nitrogens with one attached hydrogen (secondary N) is 2. The molecule has 14 heteroatoms. The zero-order valence-electron chi connectivity index (χ0n) is 17.1. The number of nitro groups is 1. The van der Waals surface area contributed by atoms with Gasteiger partial charge in [-0.25, -0.2) is 9.78 Å². The Morgan fingerprint density at radius 3 is 2.59 bits per heavy atom. The van der Waals surface area contributed by atoms with Crippen molar-refractivity contribution in [2.75, 3.05) is 22.6 Å². The average molecular weight is 514 g/mol. The summed E-state index contributed by atoms with van der Waals surface area (Å²) in [5.74, 6) is -0.207. The number of anilines is 3. The molecule has 0 saturated heterocycles. The highest BCUT2D eigenvalue weighted by Crippen LogP contribution is 2.38. The van der Waals surface area contributed by atoms with E-state index in [0.717, 1.165) is 12.1 Å². The number of aromatic nitrogens is 1. The van der Waals surface area contributed by atoms with Crippen molar-refractivity contribution < 1.29 is 27.6 Å². The number of halogens is 4. The number of ether oxygens (including phenoxy) is 1. The number of hydrogen-bond acceptors (Lipinski definition) is 7. The molecular formula is C20H15ClF3N5O4S. The number of carbonyl (C=O) groups is 1. The van der Waals surface area contributed by atoms with Gasteiger partial charge in [-0.2, -0.15) is 13.2 Å². The quantitative estimate of drug-likeness (QED) is 0.197. The van der Waals surface area contributed by atoms with Gasteiger partial charge in [0.1, 0.15) is 5.75 Å². The molecule has 0 bridgehead atoms. The van der Waals surface area contributed by atoms with Crippen LogP contribution in [-0.2, 0) is 6.18 Å². The van der Waals surface area contributed by atoms with Gasteiger partial charge in [-0.05, 0) is 42.7 Å². The molecule has 0 saturated carbocycles. The molecule has 2 amide bonds. The molecule has 1 aromatic heterocycles. The minimum Gasteiger partial charge on any atom is -0.450 e. The van der Waals surface area contributed by atoms with Crippen LogP contribution in [0.1, 0.15) is 5.56 Å². The lowest BCUT2D eigenvalue weighted by molar-refractivity contribution is -0.384. The van der Waals surface area contributed by atoms with Crippen LogP contribution in [0.5, 0.6) is 11.5 Å². The molecule has 9 nitrogen and oxygen atoms in total. The van der Waals surface area contributed by atoms with Gasteiger partial charge in [0, 0.05) is 22.8 Å². The molecule has 3 rings (SSSR count). The smallest absolute Gasteiger partial charge is 0.417 e. The summed E-state index contributed by atoms with van der Waals surface area (Å²) in [5, 5.41) is 15.6. The summed E-state index contributed by atoms with van der Waals surface area (Å²) >= 11 is 6.81. The van der Waals surface area contributed by atoms with Crippen LogP contribution >= 0.6 is 23.4 Å². The van der Waals surface area contributed by atoms with Crippen molar-refractivity contribution in [3.63, 3.8) is 0 Å². The first-order valence-corrected chi connectivity index (χ1v) is 10.8. The first-order chi connectivity index (χ1) is 16.0. The van der Waals surface area contributed by atoms with E-state index in [4.69, 9.17) is 22.1 Å². The highest BCUT2D eigenvalue weighted by molar-refractivity contribution is 7.98. The molecule has 1 heterocycles. The van der Waals surface area contributed by atoms with Gasteiger partial charge < -0.3 is 21.1 Å². The Bertz CT molecular complexity index is 1260. The molecule has 34 heavy (non-hydrogen) atoms. The number of urea groups is 1. The summed E-state index contributed by atoms with van der Waals surface area (Å²) in [6.45, 7) is 0. The summed E-state index contributed by atoms with van der Waals surface area (Å²) in [6.07, 6.45) is -1.71. The van der Waals surface area contributed by atoms with Gasteiger partial charge in [0.25, 0.3) is 0 Å². The SMILES string of the molecule is CSc1cc(Oc2ccnc(N)c2[N+](=O)[O-])ccc1NC(=O)Nc1ccc(Cl)c(C(F)(F)F)c1. The van der Waals surface area contributed by atoms with E-state index in [2.05, 4.69) is 15.6 Å². The number of carbonyl (C=O) groups excluding carboxylic acids is 1. The zero-order chi connectivity index (χ0) is 25.0. The third-order valence-corrected chi connectivity index (χ3v) is 5.38. The fraction of sp³-hybridized carbons (Fsp3) is 0.100. The van der Waals surface area contributed by atoms with Crippen LogP contribution in [-0.4, -0.2) is 22.2 Å². The molecule has 0 aliphatic rings. The molecule has 2 aromatic carbocycles. The highest BCUT2D eigenvalue weighted by atomic mass is 35.5. The van der Waals surface area contributed by atoms with Crippen LogP contribution in [0.25, 0.3) is 0 Å². The molecule has 4 N–H and O–H groups in total. The van der Waals surface area contributed by atoms with Gasteiger partial charge in [0.15, 0.2) is 0 Å². The molecule has 0 aliphatic carbocycles. The van der Waals surface area contributed by atoms with Gasteiger partial charge in [-0.15, -0.1) is 11.8 Å². The Morgan fingerprint density at radius 2 is 1.94 bits per heavy atom. The predicted octanol–water partition coefficient (Wildman–Crippen LogP) is 6.40. The number of alkyl halides is 3. The lowest BCUT2D eigenvalue weighted by atomic mass is 10.2. The second-order valence-electron chi connectivity index (χ2n) is 6.54. The first kappa shape index (κ1) is 24.9. The van der Waals surface area contributed by atoms with E-state index in [-0.39, 0.29) is 23.0 Å². The van der Waals surface area contributed by atoms with E-state index in [1.54, 1.807) is 6.26 Å². The van der Waals surface area contributed by atoms with Crippen LogP contribution in [0, 0.1) is 10.1 Å². The Kier molecular flexibility index (Phi) is 7.37. The summed E-state index contributed by atoms with van der Waals surface area (Å²) < 4.78 is 44.6. The fourth-order valence-corrected chi connectivity index (χ4v) is 3.59. The van der Waals surface area contributed by atoms with E-state index in [9.17, 15) is 28.1 Å². The van der Waals surface area contributed by atoms with Gasteiger partial charge in [-0.1, -0.05) is 11.6 Å². The summed E-state index contributed by atoms with van der Waals surface area (Å²) in [4.78, 5) is 27.1. The molecular weight excluding hydrogens is 499 g/mol. The van der Waals surface area contributed by atoms with Gasteiger partial charge >= 0.3 is 17.9 Å². The van der Waals surface area contributed by atoms with E-state index < -0.39 is 33.4 Å². The van der Waals surface area contributed by atoms with E-state index in [1.165, 1.54) is 48.3 Å². The predicted molar refractivity (Wildman–Crippen MR) is 123 cm³/mol. The number of nitrogens with zero attached hydrogens (tertiary/aromatic N) is 2. The largest absolute Gasteiger partial charge is 0.450 e. The maximum atomic E-state index is 13.0. The minimum absolute atomic E-state index is 0.109. The maximum Gasteiger partial charge on any atom is 0.417 e. The number of nitrogen functional groups attached to an aromatic ring is 1. The van der Waals surface area contributed by atoms with Crippen LogP contribution < -0.4 is 21.1 Å². The number of rotatable bonds is 6. The third kappa shape index (κ3) is 5.80. The Labute approximate surface area is 199 Å². The van der Waals surface area contributed by atoms with Crippen molar-refractivity contribution >= 4 is 52.3 Å². The van der Waals surface area contributed by atoms with Crippen LogP contribution in [0.4, 0.5) is 40.8 Å². The van der Waals surface area contributed by atoms with Crippen LogP contribution in [0.3, 0.4) is 0 Å². The summed E-state index contributed by atoms with van der Waals surface area (Å²) in [6, 6.07) is 7.92. The number of nitrogens with two attached hydrogens (primary N) is 1. The number of benzene rings is 2. The van der Waals surface area contributed by atoms with Crippen LogP contribution in [0.2, 0.25) is 5.02 Å². The molecule has 178 valence electrons. The fourth-order valence-electron chi connectivity index (χ4n) is 2.79. The molecule has 0 aliphatic heterocycles. The third-order valence-electron chi connectivity index (χ3n) is 4.28. The van der Waals surface area contributed by atoms with Crippen molar-refractivity contribution in [2.24, 2.45) is 0 Å². The topological polar surface area (TPSA) is 132 Å². The number of thioether (sulfide) groups is 1. The van der Waals surface area contributed by atoms with Crippen molar-refractivity contribution in [2.45, 2.75) is 11.1 Å². The van der Waals surface area contributed by atoms with Crippen molar-refractivity contribution in [3.8, 4) is 11.5 Å². The lowest BCUT2D eigenvalue weighted by Gasteiger charge is -2.14. The molecule has 0 atom stereocenters. The van der Waals surface area contributed by atoms with Gasteiger partial charge in [-0.3, -0.25) is 10.1 Å². The minimum atomic E-state index is -4.68. The Balaban J connectivity index is 1.78. The normalized spacial score (nSPS) is 11.1. The van der Waals surface area contributed by atoms with Gasteiger partial charge in [0.05, 0.1) is 21.2 Å². The molecule has 3 aromatic rings. The molecule has 0 unspecified atom stereocenters. The summed E-state index contributed by atoms with van der Waals surface area (Å²) in [5.41, 5.74) is 4.20. The molecule has 0 radical (unpaired) electrons. The standard InChI is InChI=1S/C20H15ClF3N5O4S/c1-34-16-9-11(33-15-6-7-26-18(25)17(15)29(31)32)3-5-14(16)28-19(30)27-10-2-4-13(21)12(8-10)20(22,23)24/h2-9H,1H3,(H2,25,26)(H2,27,28,30). The van der Waals surface area contributed by atoms with Crippen molar-refractivity contribution in [1.29, 1.82) is 0 Å². The van der Waals surface area contributed by atoms with Crippen LogP contribution in [0.15, 0.2) is 53.6 Å². The number of hydrogen-bond donors (Lipinski definition) is 3. The lowest BCUT2D eigenvalue weighted by Crippen LogP contribution is -2.20. The van der Waals surface area contributed by atoms with Gasteiger partial charge in [0.2, 0.25) is 11.6 Å². The van der Waals surface area contributed by atoms with E-state index in [1.807, 2.05) is 0 Å². The second kappa shape index (κ2) is 10.1. The van der Waals surface area contributed by atoms with E-state index >= 15 is 0 Å². The second-order valence-corrected chi connectivity index (χ2v) is 7.79. The Hall–Kier alpha value is -3.71. The monoisotopic (exact) mass is 513 g/mol. The van der Waals surface area contributed by atoms with Crippen molar-refractivity contribution in [3.05, 3.63) is 69.4 Å². The average Bonchev–Trinajstić information content (AvgIpc) is 2.75. The van der Waals surface area contributed by atoms with E-state index in [0.29, 0.717) is 10.6 Å². The highest BCUT2D eigenvalue weighted by Gasteiger charge is 2.33. The van der Waals surface area contributed by atoms with Crippen molar-refractivity contribution in [1.82, 2.24) is 4.98 Å². The molecule has 0 spiro atoms. The zero-order valence-corrected chi connectivity index (χ0v) is 18.7. The first-order valence-electron chi connectivity index (χ1n) is 9.19. The Morgan fingerprint density at radius 1 is 1.21 bits per heavy atom. The number of pyridine rings is 1. The number of amides is 2. The molecule has 0 fully saturated rings.